The highest BCUT2D eigenvalue weighted by atomic mass is 35.5. The molecule has 0 fully saturated rings. The molecule has 0 heterocycles. The number of amides is 2. The maximum atomic E-state index is 13.2. The molecule has 0 bridgehead atoms. The molecule has 0 unspecified atom stereocenters. The first-order valence-electron chi connectivity index (χ1n) is 10.7. The third-order valence-corrected chi connectivity index (χ3v) is 5.59. The quantitative estimate of drug-likeness (QED) is 0.298. The average Bonchev–Trinajstić information content (AvgIpc) is 2.88. The van der Waals surface area contributed by atoms with Gasteiger partial charge in [0.1, 0.15) is 12.6 Å². The molecule has 1 atom stereocenters. The van der Waals surface area contributed by atoms with Gasteiger partial charge in [-0.3, -0.25) is 14.4 Å². The summed E-state index contributed by atoms with van der Waals surface area (Å²) in [5, 5.41) is 5.43. The van der Waals surface area contributed by atoms with Crippen molar-refractivity contribution in [2.24, 2.45) is 0 Å². The number of hydrogen-bond donors (Lipinski definition) is 2. The zero-order valence-electron chi connectivity index (χ0n) is 19.1. The van der Waals surface area contributed by atoms with Gasteiger partial charge in [-0.1, -0.05) is 65.7 Å². The van der Waals surface area contributed by atoms with Crippen molar-refractivity contribution >= 4 is 52.6 Å². The highest BCUT2D eigenvalue weighted by Gasteiger charge is 2.27. The summed E-state index contributed by atoms with van der Waals surface area (Å²) in [6.45, 7) is -0.0348. The number of benzene rings is 3. The van der Waals surface area contributed by atoms with Gasteiger partial charge in [-0.25, -0.2) is 4.79 Å². The van der Waals surface area contributed by atoms with Gasteiger partial charge in [-0.05, 0) is 35.9 Å². The molecule has 3 aromatic carbocycles. The van der Waals surface area contributed by atoms with Crippen LogP contribution in [0.3, 0.4) is 0 Å². The Hall–Kier alpha value is -3.88. The zero-order valence-corrected chi connectivity index (χ0v) is 20.6. The molecule has 0 saturated heterocycles. The molecular weight excluding hydrogens is 507 g/mol. The molecule has 0 aromatic heterocycles. The van der Waals surface area contributed by atoms with Crippen LogP contribution in [-0.2, 0) is 25.7 Å². The van der Waals surface area contributed by atoms with E-state index in [1.165, 1.54) is 18.2 Å². The van der Waals surface area contributed by atoms with Crippen LogP contribution in [0.25, 0.3) is 0 Å². The molecule has 2 amide bonds. The molecule has 36 heavy (non-hydrogen) atoms. The van der Waals surface area contributed by atoms with Gasteiger partial charge in [0.15, 0.2) is 5.78 Å². The molecule has 0 aliphatic carbocycles. The zero-order chi connectivity index (χ0) is 26.1. The standard InChI is InChI=1S/C26H22Cl2N2O6/c1-35-23(31)14-22(30-26(34)36-15-16-7-3-2-4-8-16)25(33)29-21-12-11-17(27)13-19(21)24(32)18-9-5-6-10-20(18)28/h2-13,22H,14-15H2,1H3,(H,29,33)(H,30,34)/t22-/m1/s1. The fourth-order valence-corrected chi connectivity index (χ4v) is 3.58. The van der Waals surface area contributed by atoms with Gasteiger partial charge in [-0.2, -0.15) is 0 Å². The van der Waals surface area contributed by atoms with E-state index < -0.39 is 36.2 Å². The molecule has 0 saturated carbocycles. The predicted octanol–water partition coefficient (Wildman–Crippen LogP) is 5.02. The summed E-state index contributed by atoms with van der Waals surface area (Å²) in [6.07, 6.45) is -1.38. The smallest absolute Gasteiger partial charge is 0.408 e. The van der Waals surface area contributed by atoms with E-state index in [0.717, 1.165) is 12.7 Å². The highest BCUT2D eigenvalue weighted by Crippen LogP contribution is 2.27. The van der Waals surface area contributed by atoms with E-state index in [0.29, 0.717) is 0 Å². The Bertz CT molecular complexity index is 1270. The van der Waals surface area contributed by atoms with E-state index >= 15 is 0 Å². The summed E-state index contributed by atoms with van der Waals surface area (Å²) < 4.78 is 9.80. The minimum absolute atomic E-state index is 0.0348. The fourth-order valence-electron chi connectivity index (χ4n) is 3.19. The maximum Gasteiger partial charge on any atom is 0.408 e. The second-order valence-electron chi connectivity index (χ2n) is 7.53. The van der Waals surface area contributed by atoms with Crippen LogP contribution in [0, 0.1) is 0 Å². The summed E-state index contributed by atoms with van der Waals surface area (Å²) in [6, 6.07) is 18.3. The van der Waals surface area contributed by atoms with Crippen LogP contribution in [0.2, 0.25) is 10.0 Å². The Morgan fingerprint density at radius 2 is 1.58 bits per heavy atom. The lowest BCUT2D eigenvalue weighted by molar-refractivity contribution is -0.142. The molecule has 3 aromatic rings. The van der Waals surface area contributed by atoms with E-state index in [1.807, 2.05) is 6.07 Å². The number of ketones is 1. The SMILES string of the molecule is COC(=O)C[C@@H](NC(=O)OCc1ccccc1)C(=O)Nc1ccc(Cl)cc1C(=O)c1ccccc1Cl. The molecule has 186 valence electrons. The Morgan fingerprint density at radius 1 is 0.889 bits per heavy atom. The Balaban J connectivity index is 1.79. The van der Waals surface area contributed by atoms with Crippen LogP contribution in [0.5, 0.6) is 0 Å². The number of hydrogen-bond acceptors (Lipinski definition) is 6. The summed E-state index contributed by atoms with van der Waals surface area (Å²) >= 11 is 12.3. The molecule has 0 aliphatic rings. The first kappa shape index (κ1) is 26.7. The van der Waals surface area contributed by atoms with Crippen molar-refractivity contribution in [1.82, 2.24) is 5.32 Å². The minimum Gasteiger partial charge on any atom is -0.469 e. The van der Waals surface area contributed by atoms with Crippen LogP contribution in [0.15, 0.2) is 72.8 Å². The van der Waals surface area contributed by atoms with Crippen LogP contribution in [0.4, 0.5) is 10.5 Å². The number of nitrogens with one attached hydrogen (secondary N) is 2. The number of carbonyl (C=O) groups excluding carboxylic acids is 4. The van der Waals surface area contributed by atoms with Crippen LogP contribution in [0.1, 0.15) is 27.9 Å². The molecular formula is C26H22Cl2N2O6. The normalized spacial score (nSPS) is 11.2. The maximum absolute atomic E-state index is 13.2. The van der Waals surface area contributed by atoms with Crippen LogP contribution in [-0.4, -0.2) is 36.9 Å². The monoisotopic (exact) mass is 528 g/mol. The molecule has 0 radical (unpaired) electrons. The number of anilines is 1. The average molecular weight is 529 g/mol. The number of ether oxygens (including phenoxy) is 2. The molecule has 0 aliphatic heterocycles. The number of rotatable bonds is 9. The van der Waals surface area contributed by atoms with Gasteiger partial charge in [0, 0.05) is 16.1 Å². The molecule has 2 N–H and O–H groups in total. The minimum atomic E-state index is -1.35. The topological polar surface area (TPSA) is 111 Å². The molecule has 0 spiro atoms. The molecule has 10 heteroatoms. The van der Waals surface area contributed by atoms with Gasteiger partial charge in [0.2, 0.25) is 5.91 Å². The lowest BCUT2D eigenvalue weighted by Gasteiger charge is -2.19. The van der Waals surface area contributed by atoms with E-state index in [-0.39, 0.29) is 33.5 Å². The number of alkyl carbamates (subject to hydrolysis) is 1. The second-order valence-corrected chi connectivity index (χ2v) is 8.37. The number of methoxy groups -OCH3 is 1. The van der Waals surface area contributed by atoms with Gasteiger partial charge >= 0.3 is 12.1 Å². The second kappa shape index (κ2) is 12.7. The van der Waals surface area contributed by atoms with Gasteiger partial charge in [0.05, 0.1) is 24.2 Å². The van der Waals surface area contributed by atoms with E-state index in [2.05, 4.69) is 15.4 Å². The van der Waals surface area contributed by atoms with Crippen molar-refractivity contribution in [2.45, 2.75) is 19.1 Å². The number of halogens is 2. The van der Waals surface area contributed by atoms with Gasteiger partial charge < -0.3 is 20.1 Å². The van der Waals surface area contributed by atoms with E-state index in [9.17, 15) is 19.2 Å². The summed E-state index contributed by atoms with van der Waals surface area (Å²) in [7, 11) is 1.16. The lowest BCUT2D eigenvalue weighted by atomic mass is 10.0. The summed E-state index contributed by atoms with van der Waals surface area (Å²) in [5.41, 5.74) is 1.15. The van der Waals surface area contributed by atoms with Crippen LogP contribution >= 0.6 is 23.2 Å². The van der Waals surface area contributed by atoms with Crippen molar-refractivity contribution in [1.29, 1.82) is 0 Å². The first-order valence-corrected chi connectivity index (χ1v) is 11.5. The fraction of sp³-hybridized carbons (Fsp3) is 0.154. The van der Waals surface area contributed by atoms with Gasteiger partial charge in [0.25, 0.3) is 0 Å². The van der Waals surface area contributed by atoms with Crippen molar-refractivity contribution in [3.8, 4) is 0 Å². The van der Waals surface area contributed by atoms with Crippen molar-refractivity contribution < 1.29 is 28.7 Å². The Kier molecular flexibility index (Phi) is 9.44. The third kappa shape index (κ3) is 7.31. The Morgan fingerprint density at radius 3 is 2.28 bits per heavy atom. The first-order chi connectivity index (χ1) is 17.3. The van der Waals surface area contributed by atoms with Gasteiger partial charge in [-0.15, -0.1) is 0 Å². The van der Waals surface area contributed by atoms with Crippen molar-refractivity contribution in [2.75, 3.05) is 12.4 Å². The Labute approximate surface area is 217 Å². The number of carbonyl (C=O) groups is 4. The highest BCUT2D eigenvalue weighted by molar-refractivity contribution is 6.36. The lowest BCUT2D eigenvalue weighted by Crippen LogP contribution is -2.45. The predicted molar refractivity (Wildman–Crippen MR) is 135 cm³/mol. The third-order valence-electron chi connectivity index (χ3n) is 5.02. The van der Waals surface area contributed by atoms with E-state index in [1.54, 1.807) is 48.5 Å². The van der Waals surface area contributed by atoms with Crippen molar-refractivity contribution in [3.63, 3.8) is 0 Å². The molecule has 3 rings (SSSR count). The van der Waals surface area contributed by atoms with E-state index in [4.69, 9.17) is 27.9 Å². The molecule has 8 nitrogen and oxygen atoms in total. The van der Waals surface area contributed by atoms with Crippen LogP contribution < -0.4 is 10.6 Å². The summed E-state index contributed by atoms with van der Waals surface area (Å²) in [5.74, 6) is -1.98. The number of esters is 1. The summed E-state index contributed by atoms with van der Waals surface area (Å²) in [4.78, 5) is 50.5. The largest absolute Gasteiger partial charge is 0.469 e. The van der Waals surface area contributed by atoms with Crippen molar-refractivity contribution in [3.05, 3.63) is 99.5 Å².